The molecule has 1 heterocycles. The molecule has 0 saturated heterocycles. The van der Waals surface area contributed by atoms with Crippen LogP contribution in [-0.2, 0) is 16.0 Å². The molecular weight excluding hydrogens is 218 g/mol. The Balaban J connectivity index is 2.27. The van der Waals surface area contributed by atoms with Crippen molar-refractivity contribution in [1.29, 1.82) is 0 Å². The molecule has 2 rings (SSSR count). The number of carbonyl (C=O) groups excluding carboxylic acids is 1. The van der Waals surface area contributed by atoms with Gasteiger partial charge in [-0.05, 0) is 30.5 Å². The second kappa shape index (κ2) is 4.55. The van der Waals surface area contributed by atoms with E-state index in [2.05, 4.69) is 14.9 Å². The van der Waals surface area contributed by atoms with Crippen LogP contribution < -0.4 is 5.73 Å². The van der Waals surface area contributed by atoms with Gasteiger partial charge in [-0.15, -0.1) is 0 Å². The van der Waals surface area contributed by atoms with Crippen molar-refractivity contribution in [3.05, 3.63) is 29.5 Å². The zero-order valence-electron chi connectivity index (χ0n) is 9.86. The fraction of sp³-hybridized carbons (Fsp3) is 0.333. The van der Waals surface area contributed by atoms with Crippen LogP contribution in [0.15, 0.2) is 18.3 Å². The predicted octanol–water partition coefficient (Wildman–Crippen LogP) is 0.914. The van der Waals surface area contributed by atoms with Crippen molar-refractivity contribution in [3.63, 3.8) is 0 Å². The average molecular weight is 233 g/mol. The number of fused-ring (bicyclic) bond motifs is 1. The Morgan fingerprint density at radius 3 is 3.06 bits per heavy atom. The van der Waals surface area contributed by atoms with Gasteiger partial charge in [-0.1, -0.05) is 6.07 Å². The van der Waals surface area contributed by atoms with E-state index in [1.165, 1.54) is 7.11 Å². The van der Waals surface area contributed by atoms with E-state index in [-0.39, 0.29) is 0 Å². The monoisotopic (exact) mass is 233 g/mol. The molecule has 90 valence electrons. The predicted molar refractivity (Wildman–Crippen MR) is 64.5 cm³/mol. The quantitative estimate of drug-likeness (QED) is 0.772. The highest BCUT2D eigenvalue weighted by molar-refractivity contribution is 5.82. The van der Waals surface area contributed by atoms with Crippen molar-refractivity contribution in [1.82, 2.24) is 10.2 Å². The smallest absolute Gasteiger partial charge is 0.322 e. The highest BCUT2D eigenvalue weighted by atomic mass is 16.5. The van der Waals surface area contributed by atoms with Gasteiger partial charge in [0.15, 0.2) is 0 Å². The summed E-state index contributed by atoms with van der Waals surface area (Å²) in [6, 6.07) is 3.36. The van der Waals surface area contributed by atoms with Gasteiger partial charge in [0.2, 0.25) is 0 Å². The third kappa shape index (κ3) is 2.29. The highest BCUT2D eigenvalue weighted by Gasteiger charge is 2.15. The Hall–Kier alpha value is -1.88. The van der Waals surface area contributed by atoms with Crippen LogP contribution >= 0.6 is 0 Å². The molecule has 5 heteroatoms. The minimum absolute atomic E-state index is 0.394. The second-order valence-electron chi connectivity index (χ2n) is 4.08. The molecule has 1 aromatic heterocycles. The van der Waals surface area contributed by atoms with Gasteiger partial charge in [-0.25, -0.2) is 0 Å². The van der Waals surface area contributed by atoms with Crippen LogP contribution in [0.25, 0.3) is 10.9 Å². The maximum Gasteiger partial charge on any atom is 0.322 e. The summed E-state index contributed by atoms with van der Waals surface area (Å²) in [6.07, 6.45) is 2.23. The number of hydrogen-bond donors (Lipinski definition) is 2. The van der Waals surface area contributed by atoms with Crippen molar-refractivity contribution in [3.8, 4) is 0 Å². The lowest BCUT2D eigenvalue weighted by Crippen LogP contribution is -2.33. The number of methoxy groups -OCH3 is 1. The highest BCUT2D eigenvalue weighted by Crippen LogP contribution is 2.18. The summed E-state index contributed by atoms with van der Waals surface area (Å²) >= 11 is 0. The molecule has 0 spiro atoms. The molecular formula is C12H15N3O2. The van der Waals surface area contributed by atoms with E-state index in [0.29, 0.717) is 6.42 Å². The SMILES string of the molecule is COC(=O)[C@@H](N)Cc1cc(C)c2[nH]ncc2c1. The zero-order valence-corrected chi connectivity index (χ0v) is 9.86. The number of benzene rings is 1. The van der Waals surface area contributed by atoms with Gasteiger partial charge >= 0.3 is 5.97 Å². The van der Waals surface area contributed by atoms with Gasteiger partial charge in [-0.3, -0.25) is 9.89 Å². The van der Waals surface area contributed by atoms with E-state index in [9.17, 15) is 4.79 Å². The number of aryl methyl sites for hydroxylation is 1. The second-order valence-corrected chi connectivity index (χ2v) is 4.08. The number of nitrogens with one attached hydrogen (secondary N) is 1. The van der Waals surface area contributed by atoms with Crippen LogP contribution in [0.5, 0.6) is 0 Å². The molecule has 0 aliphatic heterocycles. The molecule has 0 aliphatic rings. The first-order valence-corrected chi connectivity index (χ1v) is 5.38. The number of carbonyl (C=O) groups is 1. The van der Waals surface area contributed by atoms with Gasteiger partial charge < -0.3 is 10.5 Å². The minimum Gasteiger partial charge on any atom is -0.468 e. The molecule has 0 saturated carbocycles. The summed E-state index contributed by atoms with van der Waals surface area (Å²) in [4.78, 5) is 11.2. The van der Waals surface area contributed by atoms with Crippen LogP contribution in [0.4, 0.5) is 0 Å². The number of H-pyrrole nitrogens is 1. The number of aromatic amines is 1. The molecule has 0 amide bonds. The topological polar surface area (TPSA) is 81.0 Å². The van der Waals surface area contributed by atoms with Crippen LogP contribution in [0.1, 0.15) is 11.1 Å². The molecule has 2 aromatic rings. The van der Waals surface area contributed by atoms with Crippen LogP contribution in [0.2, 0.25) is 0 Å². The molecule has 0 bridgehead atoms. The van der Waals surface area contributed by atoms with E-state index in [1.807, 2.05) is 19.1 Å². The minimum atomic E-state index is -0.622. The number of rotatable bonds is 3. The van der Waals surface area contributed by atoms with Gasteiger partial charge in [0, 0.05) is 5.39 Å². The summed E-state index contributed by atoms with van der Waals surface area (Å²) in [7, 11) is 1.34. The Morgan fingerprint density at radius 2 is 2.35 bits per heavy atom. The standard InChI is InChI=1S/C12H15N3O2/c1-7-3-8(5-10(13)12(16)17-2)4-9-6-14-15-11(7)9/h3-4,6,10H,5,13H2,1-2H3,(H,14,15)/t10-/m0/s1. The Bertz CT molecular complexity index is 548. The lowest BCUT2D eigenvalue weighted by molar-refractivity contribution is -0.142. The first-order chi connectivity index (χ1) is 8.11. The molecule has 17 heavy (non-hydrogen) atoms. The molecule has 0 fully saturated rings. The fourth-order valence-corrected chi connectivity index (χ4v) is 1.92. The van der Waals surface area contributed by atoms with Crippen molar-refractivity contribution in [2.45, 2.75) is 19.4 Å². The van der Waals surface area contributed by atoms with Gasteiger partial charge in [0.1, 0.15) is 6.04 Å². The Labute approximate surface area is 98.9 Å². The summed E-state index contributed by atoms with van der Waals surface area (Å²) in [5, 5.41) is 7.94. The third-order valence-corrected chi connectivity index (χ3v) is 2.77. The lowest BCUT2D eigenvalue weighted by Gasteiger charge is -2.10. The van der Waals surface area contributed by atoms with Crippen molar-refractivity contribution in [2.24, 2.45) is 5.73 Å². The Morgan fingerprint density at radius 1 is 1.59 bits per heavy atom. The third-order valence-electron chi connectivity index (χ3n) is 2.77. The van der Waals surface area contributed by atoms with E-state index in [0.717, 1.165) is 22.0 Å². The first-order valence-electron chi connectivity index (χ1n) is 5.38. The zero-order chi connectivity index (χ0) is 12.4. The largest absolute Gasteiger partial charge is 0.468 e. The van der Waals surface area contributed by atoms with Crippen LogP contribution in [0.3, 0.4) is 0 Å². The summed E-state index contributed by atoms with van der Waals surface area (Å²) in [5.41, 5.74) is 8.84. The molecule has 1 aromatic carbocycles. The van der Waals surface area contributed by atoms with Crippen molar-refractivity contribution < 1.29 is 9.53 Å². The molecule has 0 aliphatic carbocycles. The van der Waals surface area contributed by atoms with Gasteiger partial charge in [0.25, 0.3) is 0 Å². The molecule has 3 N–H and O–H groups in total. The molecule has 0 radical (unpaired) electrons. The number of nitrogens with two attached hydrogens (primary N) is 1. The normalized spacial score (nSPS) is 12.6. The van der Waals surface area contributed by atoms with E-state index in [1.54, 1.807) is 6.20 Å². The number of nitrogens with zero attached hydrogens (tertiary/aromatic N) is 1. The Kier molecular flexibility index (Phi) is 3.10. The molecule has 0 unspecified atom stereocenters. The molecule has 5 nitrogen and oxygen atoms in total. The van der Waals surface area contributed by atoms with E-state index >= 15 is 0 Å². The fourth-order valence-electron chi connectivity index (χ4n) is 1.92. The summed E-state index contributed by atoms with van der Waals surface area (Å²) < 4.78 is 4.60. The number of esters is 1. The van der Waals surface area contributed by atoms with Crippen LogP contribution in [-0.4, -0.2) is 29.3 Å². The summed E-state index contributed by atoms with van der Waals surface area (Å²) in [5.74, 6) is -0.394. The van der Waals surface area contributed by atoms with Crippen LogP contribution in [0, 0.1) is 6.92 Å². The van der Waals surface area contributed by atoms with E-state index < -0.39 is 12.0 Å². The van der Waals surface area contributed by atoms with Crippen molar-refractivity contribution >= 4 is 16.9 Å². The maximum atomic E-state index is 11.2. The average Bonchev–Trinajstić information content (AvgIpc) is 2.76. The van der Waals surface area contributed by atoms with Gasteiger partial charge in [-0.2, -0.15) is 5.10 Å². The maximum absolute atomic E-state index is 11.2. The number of aromatic nitrogens is 2. The van der Waals surface area contributed by atoms with Gasteiger partial charge in [0.05, 0.1) is 18.8 Å². The number of ether oxygens (including phenoxy) is 1. The summed E-state index contributed by atoms with van der Waals surface area (Å²) in [6.45, 7) is 1.99. The first kappa shape index (κ1) is 11.6. The van der Waals surface area contributed by atoms with Crippen molar-refractivity contribution in [2.75, 3.05) is 7.11 Å². The van der Waals surface area contributed by atoms with E-state index in [4.69, 9.17) is 5.73 Å². The lowest BCUT2D eigenvalue weighted by atomic mass is 10.0. The molecule has 1 atom stereocenters. The number of hydrogen-bond acceptors (Lipinski definition) is 4.